The molecule has 0 spiro atoms. The number of rotatable bonds is 5. The Morgan fingerprint density at radius 3 is 2.41 bits per heavy atom. The summed E-state index contributed by atoms with van der Waals surface area (Å²) in [6, 6.07) is 21.4. The molecular formula is C23H22N2O3S. The zero-order valence-corrected chi connectivity index (χ0v) is 16.9. The second-order valence-electron chi connectivity index (χ2n) is 7.02. The van der Waals surface area contributed by atoms with Gasteiger partial charge in [0.1, 0.15) is 0 Å². The highest BCUT2D eigenvalue weighted by Gasteiger charge is 2.27. The molecule has 148 valence electrons. The molecule has 0 fully saturated rings. The Hall–Kier alpha value is -3.12. The number of carbonyl (C=O) groups is 1. The van der Waals surface area contributed by atoms with Crippen molar-refractivity contribution in [3.63, 3.8) is 0 Å². The van der Waals surface area contributed by atoms with Crippen LogP contribution in [0.25, 0.3) is 0 Å². The maximum absolute atomic E-state index is 12.8. The Labute approximate surface area is 171 Å². The van der Waals surface area contributed by atoms with Crippen LogP contribution in [-0.4, -0.2) is 20.9 Å². The quantitative estimate of drug-likeness (QED) is 0.689. The third-order valence-corrected chi connectivity index (χ3v) is 6.52. The molecular weight excluding hydrogens is 384 g/mol. The van der Waals surface area contributed by atoms with Gasteiger partial charge in [0.05, 0.1) is 4.90 Å². The van der Waals surface area contributed by atoms with Crippen molar-refractivity contribution in [2.45, 2.75) is 24.7 Å². The van der Waals surface area contributed by atoms with Crippen LogP contribution in [0.15, 0.2) is 77.7 Å². The highest BCUT2D eigenvalue weighted by molar-refractivity contribution is 7.92. The van der Waals surface area contributed by atoms with Crippen LogP contribution in [0.3, 0.4) is 0 Å². The predicted molar refractivity (Wildman–Crippen MR) is 115 cm³/mol. The van der Waals surface area contributed by atoms with Gasteiger partial charge in [0.25, 0.3) is 15.9 Å². The van der Waals surface area contributed by atoms with Gasteiger partial charge in [-0.25, -0.2) is 8.42 Å². The Morgan fingerprint density at radius 2 is 1.72 bits per heavy atom. The van der Waals surface area contributed by atoms with Gasteiger partial charge in [-0.15, -0.1) is 0 Å². The van der Waals surface area contributed by atoms with Crippen molar-refractivity contribution in [2.24, 2.45) is 0 Å². The first-order valence-corrected chi connectivity index (χ1v) is 11.1. The fourth-order valence-electron chi connectivity index (χ4n) is 3.52. The van der Waals surface area contributed by atoms with Crippen molar-refractivity contribution >= 4 is 27.3 Å². The van der Waals surface area contributed by atoms with Gasteiger partial charge in [-0.3, -0.25) is 9.52 Å². The Bertz CT molecular complexity index is 1140. The molecule has 29 heavy (non-hydrogen) atoms. The second kappa shape index (κ2) is 7.72. The summed E-state index contributed by atoms with van der Waals surface area (Å²) in [5, 5.41) is 0. The summed E-state index contributed by atoms with van der Waals surface area (Å²) in [7, 11) is -3.70. The van der Waals surface area contributed by atoms with Crippen LogP contribution in [0.2, 0.25) is 0 Å². The van der Waals surface area contributed by atoms with E-state index in [1.165, 1.54) is 0 Å². The summed E-state index contributed by atoms with van der Waals surface area (Å²) in [6.07, 6.45) is 1.53. The number of hydrogen-bond acceptors (Lipinski definition) is 3. The molecule has 4 rings (SSSR count). The van der Waals surface area contributed by atoms with Crippen molar-refractivity contribution in [1.82, 2.24) is 0 Å². The van der Waals surface area contributed by atoms with Crippen LogP contribution >= 0.6 is 0 Å². The third-order valence-electron chi connectivity index (χ3n) is 5.14. The number of anilines is 2. The normalized spacial score (nSPS) is 13.2. The first kappa shape index (κ1) is 19.2. The Kier molecular flexibility index (Phi) is 5.11. The summed E-state index contributed by atoms with van der Waals surface area (Å²) in [5.41, 5.74) is 3.93. The maximum Gasteiger partial charge on any atom is 0.261 e. The van der Waals surface area contributed by atoms with E-state index in [2.05, 4.69) is 11.6 Å². The topological polar surface area (TPSA) is 66.5 Å². The molecule has 0 atom stereocenters. The van der Waals surface area contributed by atoms with E-state index in [-0.39, 0.29) is 10.8 Å². The summed E-state index contributed by atoms with van der Waals surface area (Å²) in [6.45, 7) is 2.59. The van der Waals surface area contributed by atoms with E-state index in [1.807, 2.05) is 30.3 Å². The third kappa shape index (κ3) is 3.89. The van der Waals surface area contributed by atoms with Crippen molar-refractivity contribution in [2.75, 3.05) is 16.2 Å². The molecule has 0 aromatic heterocycles. The van der Waals surface area contributed by atoms with Crippen LogP contribution in [0, 0.1) is 0 Å². The molecule has 0 bridgehead atoms. The van der Waals surface area contributed by atoms with Gasteiger partial charge in [-0.1, -0.05) is 37.3 Å². The molecule has 0 radical (unpaired) electrons. The lowest BCUT2D eigenvalue weighted by Crippen LogP contribution is -2.28. The van der Waals surface area contributed by atoms with Crippen LogP contribution in [0.5, 0.6) is 0 Å². The number of fused-ring (bicyclic) bond motifs is 1. The summed E-state index contributed by atoms with van der Waals surface area (Å²) >= 11 is 0. The van der Waals surface area contributed by atoms with Crippen LogP contribution in [0.1, 0.15) is 28.4 Å². The van der Waals surface area contributed by atoms with Crippen molar-refractivity contribution < 1.29 is 13.2 Å². The lowest BCUT2D eigenvalue weighted by atomic mass is 10.1. The number of sulfonamides is 1. The average Bonchev–Trinajstić information content (AvgIpc) is 3.17. The smallest absolute Gasteiger partial charge is 0.261 e. The fourth-order valence-corrected chi connectivity index (χ4v) is 4.62. The van der Waals surface area contributed by atoms with Gasteiger partial charge in [0.15, 0.2) is 0 Å². The molecule has 6 heteroatoms. The molecule has 0 unspecified atom stereocenters. The van der Waals surface area contributed by atoms with E-state index >= 15 is 0 Å². The van der Waals surface area contributed by atoms with Crippen molar-refractivity contribution in [3.05, 3.63) is 89.5 Å². The average molecular weight is 407 g/mol. The first-order valence-electron chi connectivity index (χ1n) is 9.59. The first-order chi connectivity index (χ1) is 14.0. The molecule has 0 saturated heterocycles. The maximum atomic E-state index is 12.8. The predicted octanol–water partition coefficient (Wildman–Crippen LogP) is 4.25. The largest absolute Gasteiger partial charge is 0.308 e. The number of benzene rings is 3. The molecule has 3 aromatic rings. The molecule has 1 heterocycles. The van der Waals surface area contributed by atoms with Gasteiger partial charge in [0.2, 0.25) is 0 Å². The number of nitrogens with zero attached hydrogens (tertiary/aromatic N) is 1. The van der Waals surface area contributed by atoms with Crippen molar-refractivity contribution in [1.29, 1.82) is 0 Å². The SMILES string of the molecule is CCc1ccc(NS(=O)(=O)c2ccc3c(c2)CCN3C(=O)c2ccccc2)cc1. The molecule has 5 nitrogen and oxygen atoms in total. The standard InChI is InChI=1S/C23H22N2O3S/c1-2-17-8-10-20(11-9-17)24-29(27,28)21-12-13-22-19(16-21)14-15-25(22)23(26)18-6-4-3-5-7-18/h3-13,16,24H,2,14-15H2,1H3. The Morgan fingerprint density at radius 1 is 1.00 bits per heavy atom. The van der Waals surface area contributed by atoms with Gasteiger partial charge in [0, 0.05) is 23.5 Å². The van der Waals surface area contributed by atoms with E-state index in [9.17, 15) is 13.2 Å². The molecule has 1 aliphatic heterocycles. The molecule has 3 aromatic carbocycles. The summed E-state index contributed by atoms with van der Waals surface area (Å²) in [5.74, 6) is -0.0749. The van der Waals surface area contributed by atoms with Gasteiger partial charge < -0.3 is 4.90 Å². The van der Waals surface area contributed by atoms with Gasteiger partial charge >= 0.3 is 0 Å². The molecule has 1 aliphatic rings. The second-order valence-corrected chi connectivity index (χ2v) is 8.70. The minimum absolute atomic E-state index is 0.0749. The highest BCUT2D eigenvalue weighted by atomic mass is 32.2. The minimum Gasteiger partial charge on any atom is -0.308 e. The molecule has 1 N–H and O–H groups in total. The number of nitrogens with one attached hydrogen (secondary N) is 1. The highest BCUT2D eigenvalue weighted by Crippen LogP contribution is 2.32. The molecule has 0 aliphatic carbocycles. The van der Waals surface area contributed by atoms with Crippen molar-refractivity contribution in [3.8, 4) is 0 Å². The number of aryl methyl sites for hydroxylation is 1. The van der Waals surface area contributed by atoms with Crippen LogP contribution in [0.4, 0.5) is 11.4 Å². The summed E-state index contributed by atoms with van der Waals surface area (Å²) < 4.78 is 28.2. The number of hydrogen-bond donors (Lipinski definition) is 1. The van der Waals surface area contributed by atoms with E-state index in [1.54, 1.807) is 47.4 Å². The van der Waals surface area contributed by atoms with E-state index in [0.29, 0.717) is 24.2 Å². The van der Waals surface area contributed by atoms with Crippen LogP contribution < -0.4 is 9.62 Å². The zero-order valence-electron chi connectivity index (χ0n) is 16.1. The van der Waals surface area contributed by atoms with E-state index in [4.69, 9.17) is 0 Å². The number of carbonyl (C=O) groups excluding carboxylic acids is 1. The fraction of sp³-hybridized carbons (Fsp3) is 0.174. The Balaban J connectivity index is 1.57. The number of amides is 1. The van der Waals surface area contributed by atoms with Gasteiger partial charge in [-0.2, -0.15) is 0 Å². The lowest BCUT2D eigenvalue weighted by molar-refractivity contribution is 0.0989. The zero-order chi connectivity index (χ0) is 20.4. The van der Waals surface area contributed by atoms with E-state index < -0.39 is 10.0 Å². The lowest BCUT2D eigenvalue weighted by Gasteiger charge is -2.18. The summed E-state index contributed by atoms with van der Waals surface area (Å²) in [4.78, 5) is 14.7. The minimum atomic E-state index is -3.70. The molecule has 1 amide bonds. The monoisotopic (exact) mass is 406 g/mol. The van der Waals surface area contributed by atoms with Crippen LogP contribution in [-0.2, 0) is 22.9 Å². The molecule has 0 saturated carbocycles. The van der Waals surface area contributed by atoms with Gasteiger partial charge in [-0.05, 0) is 66.4 Å². The van der Waals surface area contributed by atoms with E-state index in [0.717, 1.165) is 23.2 Å².